The Morgan fingerprint density at radius 3 is 2.58 bits per heavy atom. The number of carbonyl (C=O) groups excluding carboxylic acids is 1. The van der Waals surface area contributed by atoms with Gasteiger partial charge in [0.1, 0.15) is 6.54 Å². The van der Waals surface area contributed by atoms with Gasteiger partial charge in [0, 0.05) is 17.8 Å². The van der Waals surface area contributed by atoms with Crippen LogP contribution in [0.25, 0.3) is 0 Å². The molecule has 8 heteroatoms. The maximum Gasteiger partial charge on any atom is 0.408 e. The van der Waals surface area contributed by atoms with Crippen molar-refractivity contribution in [3.63, 3.8) is 0 Å². The smallest absolute Gasteiger partial charge is 0.395 e. The van der Waals surface area contributed by atoms with E-state index < -0.39 is 12.7 Å². The third-order valence-corrected chi connectivity index (χ3v) is 2.63. The van der Waals surface area contributed by atoms with Crippen molar-refractivity contribution in [2.45, 2.75) is 33.0 Å². The molecule has 0 aliphatic rings. The summed E-state index contributed by atoms with van der Waals surface area (Å²) in [6.45, 7) is 1.83. The molecule has 5 nitrogen and oxygen atoms in total. The van der Waals surface area contributed by atoms with E-state index in [0.29, 0.717) is 17.0 Å². The molecular weight excluding hydrogens is 263 g/mol. The number of hydrogen-bond donors (Lipinski definition) is 2. The minimum Gasteiger partial charge on any atom is -0.395 e. The fourth-order valence-electron chi connectivity index (χ4n) is 1.73. The highest BCUT2D eigenvalue weighted by molar-refractivity contribution is 5.79. The summed E-state index contributed by atoms with van der Waals surface area (Å²) in [5.74, 6) is -0.355. The fraction of sp³-hybridized carbons (Fsp3) is 0.636. The van der Waals surface area contributed by atoms with Crippen molar-refractivity contribution in [3.8, 4) is 0 Å². The molecule has 0 aliphatic carbocycles. The van der Waals surface area contributed by atoms with Gasteiger partial charge in [-0.25, -0.2) is 0 Å². The molecule has 0 spiro atoms. The first kappa shape index (κ1) is 15.5. The van der Waals surface area contributed by atoms with Crippen LogP contribution in [0.15, 0.2) is 0 Å². The third kappa shape index (κ3) is 4.55. The minimum atomic E-state index is -4.35. The number of aromatic nitrogens is 2. The highest BCUT2D eigenvalue weighted by Gasteiger charge is 2.30. The SMILES string of the molecule is Cc1nn(CC(F)(F)F)c(C)c1CC(=O)NCCO. The topological polar surface area (TPSA) is 67.2 Å². The molecule has 108 valence electrons. The second-order valence-corrected chi connectivity index (χ2v) is 4.17. The summed E-state index contributed by atoms with van der Waals surface area (Å²) >= 11 is 0. The van der Waals surface area contributed by atoms with Crippen molar-refractivity contribution in [1.82, 2.24) is 15.1 Å². The Bertz CT molecular complexity index is 455. The molecule has 0 atom stereocenters. The number of aliphatic hydroxyl groups is 1. The van der Waals surface area contributed by atoms with E-state index in [1.165, 1.54) is 6.92 Å². The molecule has 2 N–H and O–H groups in total. The quantitative estimate of drug-likeness (QED) is 0.834. The van der Waals surface area contributed by atoms with Crippen molar-refractivity contribution in [1.29, 1.82) is 0 Å². The summed E-state index contributed by atoms with van der Waals surface area (Å²) < 4.78 is 37.8. The monoisotopic (exact) mass is 279 g/mol. The van der Waals surface area contributed by atoms with Crippen molar-refractivity contribution < 1.29 is 23.1 Å². The number of aryl methyl sites for hydroxylation is 1. The number of amides is 1. The molecule has 0 radical (unpaired) electrons. The second kappa shape index (κ2) is 6.05. The van der Waals surface area contributed by atoms with Crippen LogP contribution in [0.4, 0.5) is 13.2 Å². The van der Waals surface area contributed by atoms with Crippen LogP contribution in [0.3, 0.4) is 0 Å². The molecule has 1 rings (SSSR count). The molecule has 1 aromatic rings. The van der Waals surface area contributed by atoms with Crippen LogP contribution in [0.1, 0.15) is 17.0 Å². The van der Waals surface area contributed by atoms with Gasteiger partial charge in [0.25, 0.3) is 0 Å². The predicted molar refractivity (Wildman–Crippen MR) is 61.6 cm³/mol. The molecule has 0 aromatic carbocycles. The van der Waals surface area contributed by atoms with E-state index in [9.17, 15) is 18.0 Å². The predicted octanol–water partition coefficient (Wildman–Crippen LogP) is 0.713. The molecule has 19 heavy (non-hydrogen) atoms. The number of hydrogen-bond acceptors (Lipinski definition) is 3. The Labute approximate surface area is 108 Å². The van der Waals surface area contributed by atoms with E-state index >= 15 is 0 Å². The van der Waals surface area contributed by atoms with Crippen molar-refractivity contribution in [2.75, 3.05) is 13.2 Å². The Morgan fingerprint density at radius 2 is 2.05 bits per heavy atom. The van der Waals surface area contributed by atoms with E-state index in [1.807, 2.05) is 0 Å². The first-order chi connectivity index (χ1) is 8.74. The Kier molecular flexibility index (Phi) is 4.93. The lowest BCUT2D eigenvalue weighted by atomic mass is 10.1. The standard InChI is InChI=1S/C11H16F3N3O2/c1-7-9(5-10(19)15-3-4-18)8(2)17(16-7)6-11(12,13)14/h18H,3-6H2,1-2H3,(H,15,19). The van der Waals surface area contributed by atoms with Gasteiger partial charge in [0.2, 0.25) is 5.91 Å². The van der Waals surface area contributed by atoms with Crippen LogP contribution in [0.5, 0.6) is 0 Å². The Morgan fingerprint density at radius 1 is 1.42 bits per heavy atom. The van der Waals surface area contributed by atoms with Gasteiger partial charge < -0.3 is 10.4 Å². The summed E-state index contributed by atoms with van der Waals surface area (Å²) in [5.41, 5.74) is 1.22. The zero-order valence-electron chi connectivity index (χ0n) is 10.7. The van der Waals surface area contributed by atoms with Crippen LogP contribution >= 0.6 is 0 Å². The van der Waals surface area contributed by atoms with Crippen LogP contribution in [-0.4, -0.2) is 40.1 Å². The molecule has 1 amide bonds. The van der Waals surface area contributed by atoms with Gasteiger partial charge >= 0.3 is 6.18 Å². The van der Waals surface area contributed by atoms with Gasteiger partial charge in [-0.05, 0) is 13.8 Å². The van der Waals surface area contributed by atoms with E-state index in [2.05, 4.69) is 10.4 Å². The summed E-state index contributed by atoms with van der Waals surface area (Å²) in [6, 6.07) is 0. The van der Waals surface area contributed by atoms with Gasteiger partial charge in [-0.2, -0.15) is 18.3 Å². The fourth-order valence-corrected chi connectivity index (χ4v) is 1.73. The summed E-state index contributed by atoms with van der Waals surface area (Å²) in [5, 5.41) is 14.8. The van der Waals surface area contributed by atoms with E-state index in [-0.39, 0.29) is 25.5 Å². The first-order valence-corrected chi connectivity index (χ1v) is 5.71. The minimum absolute atomic E-state index is 0.0461. The largest absolute Gasteiger partial charge is 0.408 e. The lowest BCUT2D eigenvalue weighted by Crippen LogP contribution is -2.28. The number of nitrogens with one attached hydrogen (secondary N) is 1. The average molecular weight is 279 g/mol. The molecule has 1 aromatic heterocycles. The molecule has 0 bridgehead atoms. The second-order valence-electron chi connectivity index (χ2n) is 4.17. The summed E-state index contributed by atoms with van der Waals surface area (Å²) in [4.78, 5) is 11.5. The lowest BCUT2D eigenvalue weighted by Gasteiger charge is -2.08. The normalized spacial score (nSPS) is 11.7. The zero-order valence-corrected chi connectivity index (χ0v) is 10.7. The summed E-state index contributed by atoms with van der Waals surface area (Å²) in [6.07, 6.45) is -4.39. The van der Waals surface area contributed by atoms with E-state index in [1.54, 1.807) is 6.92 Å². The molecule has 0 saturated heterocycles. The average Bonchev–Trinajstić information content (AvgIpc) is 2.52. The summed E-state index contributed by atoms with van der Waals surface area (Å²) in [7, 11) is 0. The van der Waals surface area contributed by atoms with Gasteiger partial charge in [-0.15, -0.1) is 0 Å². The van der Waals surface area contributed by atoms with Crippen molar-refractivity contribution in [2.24, 2.45) is 0 Å². The molecular formula is C11H16F3N3O2. The molecule has 1 heterocycles. The number of carbonyl (C=O) groups is 1. The Hall–Kier alpha value is -1.57. The van der Waals surface area contributed by atoms with Crippen LogP contribution in [0.2, 0.25) is 0 Å². The van der Waals surface area contributed by atoms with Crippen LogP contribution in [0, 0.1) is 13.8 Å². The molecule has 0 unspecified atom stereocenters. The number of alkyl halides is 3. The number of nitrogens with zero attached hydrogens (tertiary/aromatic N) is 2. The number of rotatable bonds is 5. The maximum atomic E-state index is 12.3. The van der Waals surface area contributed by atoms with Gasteiger partial charge in [-0.3, -0.25) is 9.48 Å². The Balaban J connectivity index is 2.82. The lowest BCUT2D eigenvalue weighted by molar-refractivity contribution is -0.142. The third-order valence-electron chi connectivity index (χ3n) is 2.63. The van der Waals surface area contributed by atoms with Crippen molar-refractivity contribution in [3.05, 3.63) is 17.0 Å². The zero-order chi connectivity index (χ0) is 14.6. The van der Waals surface area contributed by atoms with E-state index in [4.69, 9.17) is 5.11 Å². The van der Waals surface area contributed by atoms with Gasteiger partial charge in [-0.1, -0.05) is 0 Å². The van der Waals surface area contributed by atoms with Crippen molar-refractivity contribution >= 4 is 5.91 Å². The number of aliphatic hydroxyl groups excluding tert-OH is 1. The highest BCUT2D eigenvalue weighted by Crippen LogP contribution is 2.21. The molecule has 0 saturated carbocycles. The maximum absolute atomic E-state index is 12.3. The van der Waals surface area contributed by atoms with E-state index in [0.717, 1.165) is 4.68 Å². The van der Waals surface area contributed by atoms with Gasteiger partial charge in [0.05, 0.1) is 18.7 Å². The van der Waals surface area contributed by atoms with Crippen LogP contribution in [-0.2, 0) is 17.8 Å². The first-order valence-electron chi connectivity index (χ1n) is 5.71. The van der Waals surface area contributed by atoms with Gasteiger partial charge in [0.15, 0.2) is 0 Å². The highest BCUT2D eigenvalue weighted by atomic mass is 19.4. The molecule has 0 fully saturated rings. The molecule has 0 aliphatic heterocycles. The number of halogens is 3. The van der Waals surface area contributed by atoms with Crippen LogP contribution < -0.4 is 5.32 Å².